The van der Waals surface area contributed by atoms with Crippen LogP contribution in [-0.2, 0) is 13.0 Å². The van der Waals surface area contributed by atoms with E-state index in [1.807, 2.05) is 25.1 Å². The lowest BCUT2D eigenvalue weighted by atomic mass is 10.0. The van der Waals surface area contributed by atoms with Gasteiger partial charge in [-0.3, -0.25) is 5.32 Å². The second kappa shape index (κ2) is 9.48. The van der Waals surface area contributed by atoms with E-state index in [9.17, 15) is 4.79 Å². The first-order chi connectivity index (χ1) is 13.5. The SMILES string of the molecule is Cc1cc(NCCCN(C)C)nc(NC(=O)Nc2ccc3c(c2)CCNC3)n1. The number of hydrogen-bond donors (Lipinski definition) is 4. The van der Waals surface area contributed by atoms with Crippen molar-refractivity contribution in [1.82, 2.24) is 20.2 Å². The zero-order chi connectivity index (χ0) is 19.9. The van der Waals surface area contributed by atoms with Crippen molar-refractivity contribution in [3.63, 3.8) is 0 Å². The number of anilines is 3. The summed E-state index contributed by atoms with van der Waals surface area (Å²) in [5.74, 6) is 0.998. The minimum atomic E-state index is -0.349. The van der Waals surface area contributed by atoms with E-state index in [4.69, 9.17) is 0 Å². The standard InChI is InChI=1S/C20H29N7O/c1-14-11-18(22-8-4-10-27(2)3)25-19(23-14)26-20(28)24-17-6-5-16-13-21-9-7-15(16)12-17/h5-6,11-12,21H,4,7-10,13H2,1-3H3,(H3,22,23,24,25,26,28). The minimum Gasteiger partial charge on any atom is -0.370 e. The molecule has 2 amide bonds. The second-order valence-electron chi connectivity index (χ2n) is 7.29. The zero-order valence-electron chi connectivity index (χ0n) is 16.8. The van der Waals surface area contributed by atoms with Crippen LogP contribution in [0.3, 0.4) is 0 Å². The molecular formula is C20H29N7O. The van der Waals surface area contributed by atoms with Gasteiger partial charge in [-0.05, 0) is 70.2 Å². The fraction of sp³-hybridized carbons (Fsp3) is 0.450. The molecule has 1 aliphatic rings. The third kappa shape index (κ3) is 5.90. The summed E-state index contributed by atoms with van der Waals surface area (Å²) < 4.78 is 0. The summed E-state index contributed by atoms with van der Waals surface area (Å²) in [6.45, 7) is 5.53. The summed E-state index contributed by atoms with van der Waals surface area (Å²) in [5, 5.41) is 12.2. The van der Waals surface area contributed by atoms with Gasteiger partial charge in [-0.25, -0.2) is 9.78 Å². The number of urea groups is 1. The van der Waals surface area contributed by atoms with E-state index in [-0.39, 0.29) is 12.0 Å². The molecule has 0 saturated heterocycles. The van der Waals surface area contributed by atoms with Gasteiger partial charge in [-0.1, -0.05) is 6.07 Å². The molecule has 1 aromatic heterocycles. The monoisotopic (exact) mass is 383 g/mol. The third-order valence-corrected chi connectivity index (χ3v) is 4.52. The van der Waals surface area contributed by atoms with Gasteiger partial charge < -0.3 is 20.9 Å². The lowest BCUT2D eigenvalue weighted by Crippen LogP contribution is -2.24. The Balaban J connectivity index is 1.57. The average molecular weight is 384 g/mol. The van der Waals surface area contributed by atoms with Crippen LogP contribution < -0.4 is 21.3 Å². The number of carbonyl (C=O) groups is 1. The maximum atomic E-state index is 12.4. The Morgan fingerprint density at radius 1 is 1.18 bits per heavy atom. The first-order valence-corrected chi connectivity index (χ1v) is 9.64. The van der Waals surface area contributed by atoms with Crippen LogP contribution in [0.2, 0.25) is 0 Å². The van der Waals surface area contributed by atoms with E-state index < -0.39 is 0 Å². The number of amides is 2. The topological polar surface area (TPSA) is 94.2 Å². The summed E-state index contributed by atoms with van der Waals surface area (Å²) in [4.78, 5) is 23.2. The molecule has 1 aliphatic heterocycles. The fourth-order valence-corrected chi connectivity index (χ4v) is 3.15. The smallest absolute Gasteiger partial charge is 0.326 e. The van der Waals surface area contributed by atoms with Gasteiger partial charge in [0.15, 0.2) is 0 Å². The second-order valence-corrected chi connectivity index (χ2v) is 7.29. The van der Waals surface area contributed by atoms with Gasteiger partial charge in [0.25, 0.3) is 0 Å². The van der Waals surface area contributed by atoms with Gasteiger partial charge in [-0.2, -0.15) is 4.98 Å². The van der Waals surface area contributed by atoms with Crippen molar-refractivity contribution in [3.05, 3.63) is 41.1 Å². The number of aromatic nitrogens is 2. The van der Waals surface area contributed by atoms with E-state index in [0.717, 1.165) is 50.4 Å². The Labute approximate surface area is 166 Å². The Hall–Kier alpha value is -2.71. The zero-order valence-corrected chi connectivity index (χ0v) is 16.8. The van der Waals surface area contributed by atoms with Gasteiger partial charge in [0.05, 0.1) is 0 Å². The summed E-state index contributed by atoms with van der Waals surface area (Å²) in [5.41, 5.74) is 4.12. The van der Waals surface area contributed by atoms with Crippen LogP contribution in [-0.4, -0.2) is 54.6 Å². The van der Waals surface area contributed by atoms with E-state index in [0.29, 0.717) is 5.82 Å². The first kappa shape index (κ1) is 20.0. The number of fused-ring (bicyclic) bond motifs is 1. The summed E-state index contributed by atoms with van der Waals surface area (Å²) in [6, 6.07) is 7.52. The molecule has 0 unspecified atom stereocenters. The molecule has 0 saturated carbocycles. The molecule has 4 N–H and O–H groups in total. The summed E-state index contributed by atoms with van der Waals surface area (Å²) >= 11 is 0. The number of nitrogens with zero attached hydrogens (tertiary/aromatic N) is 3. The van der Waals surface area contributed by atoms with Crippen LogP contribution in [0.5, 0.6) is 0 Å². The highest BCUT2D eigenvalue weighted by atomic mass is 16.2. The van der Waals surface area contributed by atoms with Crippen LogP contribution in [0, 0.1) is 6.92 Å². The van der Waals surface area contributed by atoms with Gasteiger partial charge >= 0.3 is 6.03 Å². The summed E-state index contributed by atoms with van der Waals surface area (Å²) in [6.07, 6.45) is 1.98. The van der Waals surface area contributed by atoms with Crippen molar-refractivity contribution >= 4 is 23.5 Å². The molecule has 8 heteroatoms. The lowest BCUT2D eigenvalue weighted by Gasteiger charge is -2.18. The number of benzene rings is 1. The Kier molecular flexibility index (Phi) is 6.78. The molecule has 0 atom stereocenters. The molecule has 0 radical (unpaired) electrons. The van der Waals surface area contributed by atoms with Crippen molar-refractivity contribution < 1.29 is 4.79 Å². The van der Waals surface area contributed by atoms with Gasteiger partial charge in [0.2, 0.25) is 5.95 Å². The van der Waals surface area contributed by atoms with Gasteiger partial charge in [-0.15, -0.1) is 0 Å². The quantitative estimate of drug-likeness (QED) is 0.549. The predicted molar refractivity (Wildman–Crippen MR) is 113 cm³/mol. The Bertz CT molecular complexity index is 822. The highest BCUT2D eigenvalue weighted by Gasteiger charge is 2.11. The molecule has 2 aromatic rings. The molecule has 0 aliphatic carbocycles. The minimum absolute atomic E-state index is 0.287. The third-order valence-electron chi connectivity index (χ3n) is 4.52. The number of nitrogens with one attached hydrogen (secondary N) is 4. The van der Waals surface area contributed by atoms with E-state index in [1.165, 1.54) is 11.1 Å². The number of rotatable bonds is 7. The highest BCUT2D eigenvalue weighted by molar-refractivity contribution is 5.98. The van der Waals surface area contributed by atoms with Crippen LogP contribution in [0.15, 0.2) is 24.3 Å². The predicted octanol–water partition coefficient (Wildman–Crippen LogP) is 2.44. The normalized spacial score (nSPS) is 13.1. The number of hydrogen-bond acceptors (Lipinski definition) is 6. The van der Waals surface area contributed by atoms with Crippen LogP contribution >= 0.6 is 0 Å². The molecule has 0 fully saturated rings. The molecule has 2 heterocycles. The molecule has 0 spiro atoms. The average Bonchev–Trinajstić information content (AvgIpc) is 2.64. The lowest BCUT2D eigenvalue weighted by molar-refractivity contribution is 0.262. The van der Waals surface area contributed by atoms with Crippen LogP contribution in [0.4, 0.5) is 22.2 Å². The van der Waals surface area contributed by atoms with Crippen LogP contribution in [0.25, 0.3) is 0 Å². The highest BCUT2D eigenvalue weighted by Crippen LogP contribution is 2.19. The Morgan fingerprint density at radius 2 is 2.04 bits per heavy atom. The number of aryl methyl sites for hydroxylation is 1. The summed E-state index contributed by atoms with van der Waals surface area (Å²) in [7, 11) is 4.10. The molecular weight excluding hydrogens is 354 g/mol. The molecule has 150 valence electrons. The first-order valence-electron chi connectivity index (χ1n) is 9.64. The van der Waals surface area contributed by atoms with Gasteiger partial charge in [0, 0.05) is 30.5 Å². The molecule has 0 bridgehead atoms. The molecule has 1 aromatic carbocycles. The van der Waals surface area contributed by atoms with E-state index >= 15 is 0 Å². The van der Waals surface area contributed by atoms with Crippen LogP contribution in [0.1, 0.15) is 23.2 Å². The van der Waals surface area contributed by atoms with Crippen molar-refractivity contribution in [2.45, 2.75) is 26.3 Å². The Morgan fingerprint density at radius 3 is 2.86 bits per heavy atom. The maximum absolute atomic E-state index is 12.4. The molecule has 8 nitrogen and oxygen atoms in total. The van der Waals surface area contributed by atoms with Crippen molar-refractivity contribution in [2.24, 2.45) is 0 Å². The van der Waals surface area contributed by atoms with Crippen molar-refractivity contribution in [3.8, 4) is 0 Å². The van der Waals surface area contributed by atoms with E-state index in [2.05, 4.69) is 56.3 Å². The molecule has 3 rings (SSSR count). The van der Waals surface area contributed by atoms with Crippen molar-refractivity contribution in [1.29, 1.82) is 0 Å². The van der Waals surface area contributed by atoms with E-state index in [1.54, 1.807) is 0 Å². The number of carbonyl (C=O) groups excluding carboxylic acids is 1. The largest absolute Gasteiger partial charge is 0.370 e. The fourth-order valence-electron chi connectivity index (χ4n) is 3.15. The van der Waals surface area contributed by atoms with Crippen molar-refractivity contribution in [2.75, 3.05) is 49.7 Å². The van der Waals surface area contributed by atoms with Gasteiger partial charge in [0.1, 0.15) is 5.82 Å². The maximum Gasteiger partial charge on any atom is 0.326 e. The molecule has 28 heavy (non-hydrogen) atoms.